The molecule has 11 nitrogen and oxygen atoms in total. The van der Waals surface area contributed by atoms with Crippen molar-refractivity contribution in [3.8, 4) is 0 Å². The Labute approximate surface area is 159 Å². The van der Waals surface area contributed by atoms with Crippen LogP contribution in [-0.2, 0) is 28.5 Å². The van der Waals surface area contributed by atoms with Gasteiger partial charge in [-0.15, -0.1) is 0 Å². The summed E-state index contributed by atoms with van der Waals surface area (Å²) in [4.78, 5) is 12.2. The average Bonchev–Trinajstić information content (AvgIpc) is 3.07. The van der Waals surface area contributed by atoms with Crippen LogP contribution >= 0.6 is 11.6 Å². The quantitative estimate of drug-likeness (QED) is 0.550. The van der Waals surface area contributed by atoms with Crippen molar-refractivity contribution in [3.05, 3.63) is 11.6 Å². The molecule has 0 amide bonds. The van der Waals surface area contributed by atoms with Crippen LogP contribution in [0.4, 0.5) is 5.82 Å². The Morgan fingerprint density at radius 3 is 2.85 bits per heavy atom. The van der Waals surface area contributed by atoms with E-state index in [2.05, 4.69) is 15.0 Å². The molecule has 0 aliphatic carbocycles. The second-order valence-corrected chi connectivity index (χ2v) is 8.76. The lowest BCUT2D eigenvalue weighted by Gasteiger charge is -2.38. The van der Waals surface area contributed by atoms with Gasteiger partial charge in [0.1, 0.15) is 17.7 Å². The molecule has 2 aliphatic heterocycles. The maximum absolute atomic E-state index is 11.9. The number of nitrogens with two attached hydrogens (primary N) is 1. The zero-order valence-corrected chi connectivity index (χ0v) is 16.3. The summed E-state index contributed by atoms with van der Waals surface area (Å²) in [5, 5.41) is -0.0709. The minimum atomic E-state index is -3.81. The van der Waals surface area contributed by atoms with Crippen molar-refractivity contribution in [1.82, 2.24) is 19.5 Å². The number of fused-ring (bicyclic) bond motifs is 2. The highest BCUT2D eigenvalue weighted by atomic mass is 35.5. The molecule has 2 aromatic rings. The summed E-state index contributed by atoms with van der Waals surface area (Å²) in [6.45, 7) is 3.67. The summed E-state index contributed by atoms with van der Waals surface area (Å²) < 4.78 is 48.0. The number of hydrogen-bond donors (Lipinski definition) is 1. The maximum Gasteiger partial charge on any atom is 0.264 e. The lowest BCUT2D eigenvalue weighted by atomic mass is 10.1. The van der Waals surface area contributed by atoms with E-state index in [1.165, 1.54) is 10.9 Å². The number of aromatic nitrogens is 4. The van der Waals surface area contributed by atoms with Crippen molar-refractivity contribution in [3.63, 3.8) is 0 Å². The van der Waals surface area contributed by atoms with Gasteiger partial charge in [-0.25, -0.2) is 4.98 Å². The lowest BCUT2D eigenvalue weighted by molar-refractivity contribution is -0.299. The molecule has 2 saturated heterocycles. The molecule has 2 aromatic heterocycles. The van der Waals surface area contributed by atoms with Gasteiger partial charge in [-0.1, -0.05) is 0 Å². The Morgan fingerprint density at radius 2 is 2.15 bits per heavy atom. The molecule has 0 bridgehead atoms. The van der Waals surface area contributed by atoms with E-state index in [4.69, 9.17) is 35.7 Å². The molecule has 2 fully saturated rings. The van der Waals surface area contributed by atoms with Crippen molar-refractivity contribution in [1.29, 1.82) is 0 Å². The molecule has 2 aliphatic rings. The van der Waals surface area contributed by atoms with Crippen LogP contribution in [0.2, 0.25) is 5.28 Å². The van der Waals surface area contributed by atoms with Crippen LogP contribution in [0.15, 0.2) is 6.33 Å². The third-order valence-corrected chi connectivity index (χ3v) is 5.02. The van der Waals surface area contributed by atoms with Gasteiger partial charge in [-0.2, -0.15) is 18.4 Å². The zero-order chi connectivity index (χ0) is 19.6. The molecule has 148 valence electrons. The van der Waals surface area contributed by atoms with E-state index in [0.717, 1.165) is 6.26 Å². The van der Waals surface area contributed by atoms with Gasteiger partial charge in [-0.3, -0.25) is 8.75 Å². The second-order valence-electron chi connectivity index (χ2n) is 6.83. The first-order chi connectivity index (χ1) is 12.5. The average molecular weight is 420 g/mol. The molecule has 0 aromatic carbocycles. The number of nitrogens with zero attached hydrogens (tertiary/aromatic N) is 4. The molecule has 0 spiro atoms. The van der Waals surface area contributed by atoms with E-state index in [9.17, 15) is 8.42 Å². The van der Waals surface area contributed by atoms with Gasteiger partial charge >= 0.3 is 0 Å². The summed E-state index contributed by atoms with van der Waals surface area (Å²) in [7, 11) is -3.81. The monoisotopic (exact) mass is 419 g/mol. The number of rotatable bonds is 3. The highest BCUT2D eigenvalue weighted by molar-refractivity contribution is 7.86. The summed E-state index contributed by atoms with van der Waals surface area (Å²) in [6.07, 6.45) is -0.727. The summed E-state index contributed by atoms with van der Waals surface area (Å²) >= 11 is 5.91. The molecule has 4 rings (SSSR count). The number of ether oxygens (including phenoxy) is 3. The van der Waals surface area contributed by atoms with Crippen LogP contribution in [0.5, 0.6) is 0 Å². The molecule has 27 heavy (non-hydrogen) atoms. The van der Waals surface area contributed by atoms with E-state index in [0.29, 0.717) is 11.2 Å². The summed E-state index contributed by atoms with van der Waals surface area (Å²) in [5.41, 5.74) is 6.44. The molecule has 0 saturated carbocycles. The Balaban J connectivity index is 1.79. The third-order valence-electron chi connectivity index (χ3n) is 4.28. The van der Waals surface area contributed by atoms with Crippen LogP contribution < -0.4 is 5.73 Å². The first-order valence-electron chi connectivity index (χ1n) is 8.05. The van der Waals surface area contributed by atoms with Crippen molar-refractivity contribution in [2.75, 3.05) is 18.6 Å². The molecule has 0 radical (unpaired) electrons. The number of anilines is 1. The Hall–Kier alpha value is -1.57. The molecule has 2 unspecified atom stereocenters. The minimum absolute atomic E-state index is 0.0709. The topological polar surface area (TPSA) is 141 Å². The molecule has 13 heteroatoms. The van der Waals surface area contributed by atoms with Crippen molar-refractivity contribution < 1.29 is 26.8 Å². The Bertz CT molecular complexity index is 995. The van der Waals surface area contributed by atoms with Crippen molar-refractivity contribution in [2.24, 2.45) is 0 Å². The fourth-order valence-electron chi connectivity index (χ4n) is 3.25. The highest BCUT2D eigenvalue weighted by Gasteiger charge is 2.54. The smallest absolute Gasteiger partial charge is 0.264 e. The number of halogens is 1. The first-order valence-corrected chi connectivity index (χ1v) is 10.2. The summed E-state index contributed by atoms with van der Waals surface area (Å²) in [6, 6.07) is 0. The largest absolute Gasteiger partial charge is 0.382 e. The van der Waals surface area contributed by atoms with E-state index in [1.807, 2.05) is 0 Å². The number of nitrogen functional groups attached to an aromatic ring is 1. The van der Waals surface area contributed by atoms with E-state index < -0.39 is 40.4 Å². The molecular weight excluding hydrogens is 402 g/mol. The van der Waals surface area contributed by atoms with Crippen LogP contribution in [0.25, 0.3) is 11.2 Å². The van der Waals surface area contributed by atoms with Crippen LogP contribution in [-0.4, -0.2) is 64.9 Å². The lowest BCUT2D eigenvalue weighted by Crippen LogP contribution is -2.50. The normalized spacial score (nSPS) is 30.5. The van der Waals surface area contributed by atoms with E-state index in [-0.39, 0.29) is 17.7 Å². The van der Waals surface area contributed by atoms with Gasteiger partial charge in [0.25, 0.3) is 10.1 Å². The van der Waals surface area contributed by atoms with Gasteiger partial charge in [-0.05, 0) is 25.4 Å². The maximum atomic E-state index is 11.9. The van der Waals surface area contributed by atoms with Crippen LogP contribution in [0, 0.1) is 0 Å². The number of hydrogen-bond acceptors (Lipinski definition) is 10. The minimum Gasteiger partial charge on any atom is -0.382 e. The number of imidazole rings is 1. The van der Waals surface area contributed by atoms with Gasteiger partial charge in [0.05, 0.1) is 19.2 Å². The molecular formula is C14H18ClN5O6S. The van der Waals surface area contributed by atoms with Crippen molar-refractivity contribution in [2.45, 2.75) is 44.2 Å². The highest BCUT2D eigenvalue weighted by Crippen LogP contribution is 2.41. The third kappa shape index (κ3) is 3.48. The van der Waals surface area contributed by atoms with Gasteiger partial charge < -0.3 is 19.9 Å². The van der Waals surface area contributed by atoms with Gasteiger partial charge in [0.2, 0.25) is 5.28 Å². The predicted octanol–water partition coefficient (Wildman–Crippen LogP) is 0.456. The molecule has 4 heterocycles. The predicted molar refractivity (Wildman–Crippen MR) is 93.3 cm³/mol. The van der Waals surface area contributed by atoms with Crippen LogP contribution in [0.1, 0.15) is 20.1 Å². The van der Waals surface area contributed by atoms with E-state index >= 15 is 0 Å². The van der Waals surface area contributed by atoms with E-state index in [1.54, 1.807) is 13.8 Å². The fourth-order valence-corrected chi connectivity index (χ4v) is 4.03. The second kappa shape index (κ2) is 6.22. The summed E-state index contributed by atoms with van der Waals surface area (Å²) in [5.74, 6) is -0.814. The van der Waals surface area contributed by atoms with Crippen molar-refractivity contribution >= 4 is 38.7 Å². The molecule has 4 atom stereocenters. The Kier molecular flexibility index (Phi) is 4.33. The standard InChI is InChI=1S/C14H18ClN5O6S/c1-14(2)23-4-6-8(25-14)9(26-27(3,21)22)12(24-6)20-5-17-7-10(16)18-13(15)19-11(7)20/h5-6,8-9,12H,4H2,1-3H3,(H2,16,18,19)/t6?,8?,9-,12-/m0/s1. The van der Waals surface area contributed by atoms with Gasteiger partial charge in [0, 0.05) is 0 Å². The SMILES string of the molecule is CC1(C)OCC2O[C@H](n3cnc4c(N)nc(Cl)nc43)[C@@H](OS(C)(=O)=O)C2O1. The van der Waals surface area contributed by atoms with Gasteiger partial charge in [0.15, 0.2) is 29.6 Å². The fraction of sp³-hybridized carbons (Fsp3) is 0.643. The first kappa shape index (κ1) is 18.8. The van der Waals surface area contributed by atoms with Crippen LogP contribution in [0.3, 0.4) is 0 Å². The molecule has 2 N–H and O–H groups in total. The Morgan fingerprint density at radius 1 is 1.41 bits per heavy atom. The zero-order valence-electron chi connectivity index (χ0n) is 14.7.